The summed E-state index contributed by atoms with van der Waals surface area (Å²) in [7, 11) is 0. The third kappa shape index (κ3) is 4.58. The molecular weight excluding hydrogens is 448 g/mol. The fraction of sp³-hybridized carbons (Fsp3) is 0.455. The summed E-state index contributed by atoms with van der Waals surface area (Å²) in [4.78, 5) is 47.3. The van der Waals surface area contributed by atoms with Crippen LogP contribution in [0.2, 0.25) is 0 Å². The van der Waals surface area contributed by atoms with Crippen molar-refractivity contribution < 1.29 is 19.4 Å². The van der Waals surface area contributed by atoms with Crippen molar-refractivity contribution in [3.8, 4) is 0 Å². The van der Waals surface area contributed by atoms with Gasteiger partial charge in [0.15, 0.2) is 0 Å². The van der Waals surface area contributed by atoms with Gasteiger partial charge in [0.1, 0.15) is 10.6 Å². The Bertz CT molecular complexity index is 1130. The van der Waals surface area contributed by atoms with Crippen LogP contribution >= 0.6 is 11.3 Å². The van der Waals surface area contributed by atoms with Gasteiger partial charge in [-0.25, -0.2) is 0 Å². The molecule has 1 heterocycles. The molecule has 1 atom stereocenters. The smallest absolute Gasteiger partial charge is 0.279 e. The van der Waals surface area contributed by atoms with Crippen molar-refractivity contribution in [2.75, 3.05) is 5.32 Å². The maximum Gasteiger partial charge on any atom is 0.279 e. The van der Waals surface area contributed by atoms with E-state index in [-0.39, 0.29) is 27.1 Å². The molecule has 33 heavy (non-hydrogen) atoms. The molecule has 1 aromatic carbocycles. The highest BCUT2D eigenvalue weighted by Gasteiger charge is 2.35. The third-order valence-electron chi connectivity index (χ3n) is 6.76. The van der Waals surface area contributed by atoms with Gasteiger partial charge in [0, 0.05) is 17.0 Å². The van der Waals surface area contributed by atoms with Crippen molar-refractivity contribution in [1.82, 2.24) is 0 Å². The number of thiophene rings is 1. The molecule has 1 aliphatic carbocycles. The molecule has 1 unspecified atom stereocenters. The molecule has 3 N–H and O–H groups in total. The van der Waals surface area contributed by atoms with E-state index in [9.17, 15) is 29.8 Å². The van der Waals surface area contributed by atoms with Crippen LogP contribution < -0.4 is 11.1 Å². The minimum atomic E-state index is -0.785. The van der Waals surface area contributed by atoms with Crippen LogP contribution in [0.3, 0.4) is 0 Å². The average Bonchev–Trinajstić information content (AvgIpc) is 3.10. The summed E-state index contributed by atoms with van der Waals surface area (Å²) >= 11 is 1.27. The van der Waals surface area contributed by atoms with Gasteiger partial charge in [-0.05, 0) is 43.1 Å². The first-order chi connectivity index (χ1) is 15.4. The second-order valence-electron chi connectivity index (χ2n) is 8.96. The molecule has 0 radical (unpaired) electrons. The minimum absolute atomic E-state index is 0.123. The molecule has 2 amide bonds. The quantitative estimate of drug-likeness (QED) is 0.434. The number of hydrogen-bond donors (Lipinski definition) is 2. The number of primary amides is 1. The van der Waals surface area contributed by atoms with Crippen LogP contribution in [0.4, 0.5) is 16.4 Å². The van der Waals surface area contributed by atoms with Gasteiger partial charge in [0.25, 0.3) is 23.2 Å². The Morgan fingerprint density at radius 1 is 1.21 bits per heavy atom. The van der Waals surface area contributed by atoms with E-state index in [4.69, 9.17) is 5.73 Å². The molecule has 3 rings (SSSR count). The normalized spacial score (nSPS) is 15.6. The van der Waals surface area contributed by atoms with Gasteiger partial charge >= 0.3 is 0 Å². The number of nitrogens with two attached hydrogens (primary N) is 1. The lowest BCUT2D eigenvalue weighted by Crippen LogP contribution is -2.29. The van der Waals surface area contributed by atoms with Gasteiger partial charge < -0.3 is 11.1 Å². The Hall–Kier alpha value is -3.34. The molecule has 0 saturated heterocycles. The highest BCUT2D eigenvalue weighted by atomic mass is 32.1. The number of nitrogens with one attached hydrogen (secondary N) is 1. The molecule has 0 bridgehead atoms. The number of anilines is 1. The molecule has 2 aromatic rings. The number of amides is 2. The summed E-state index contributed by atoms with van der Waals surface area (Å²) in [5.41, 5.74) is 5.38. The summed E-state index contributed by atoms with van der Waals surface area (Å²) < 4.78 is 0. The van der Waals surface area contributed by atoms with Gasteiger partial charge in [-0.1, -0.05) is 27.2 Å². The van der Waals surface area contributed by atoms with E-state index in [1.807, 2.05) is 0 Å². The van der Waals surface area contributed by atoms with Crippen LogP contribution in [0.15, 0.2) is 12.1 Å². The molecular formula is C22H26N4O6S. The van der Waals surface area contributed by atoms with E-state index in [1.165, 1.54) is 18.3 Å². The molecule has 1 aromatic heterocycles. The van der Waals surface area contributed by atoms with Crippen LogP contribution in [-0.2, 0) is 12.8 Å². The number of rotatable bonds is 7. The summed E-state index contributed by atoms with van der Waals surface area (Å²) in [6.07, 6.45) is 3.33. The lowest BCUT2D eigenvalue weighted by Gasteiger charge is -2.36. The Labute approximate surface area is 194 Å². The summed E-state index contributed by atoms with van der Waals surface area (Å²) in [5.74, 6) is -1.04. The second-order valence-corrected chi connectivity index (χ2v) is 10.1. The fourth-order valence-corrected chi connectivity index (χ4v) is 5.59. The van der Waals surface area contributed by atoms with Gasteiger partial charge in [-0.2, -0.15) is 0 Å². The zero-order chi connectivity index (χ0) is 24.7. The number of nitro benzene ring substituents is 2. The lowest BCUT2D eigenvalue weighted by molar-refractivity contribution is -0.395. The summed E-state index contributed by atoms with van der Waals surface area (Å²) in [6.45, 7) is 7.82. The lowest BCUT2D eigenvalue weighted by atomic mass is 9.69. The number of fused-ring (bicyclic) bond motifs is 1. The Balaban J connectivity index is 2.00. The van der Waals surface area contributed by atoms with Crippen molar-refractivity contribution in [2.45, 2.75) is 53.4 Å². The van der Waals surface area contributed by atoms with E-state index >= 15 is 0 Å². The van der Waals surface area contributed by atoms with Crippen molar-refractivity contribution in [2.24, 2.45) is 17.1 Å². The van der Waals surface area contributed by atoms with Crippen molar-refractivity contribution in [3.05, 3.63) is 59.5 Å². The summed E-state index contributed by atoms with van der Waals surface area (Å²) in [6, 6.07) is 1.99. The first kappa shape index (κ1) is 24.3. The average molecular weight is 475 g/mol. The summed E-state index contributed by atoms with van der Waals surface area (Å²) in [5, 5.41) is 25.5. The number of benzene rings is 1. The van der Waals surface area contributed by atoms with E-state index in [0.29, 0.717) is 12.3 Å². The van der Waals surface area contributed by atoms with Crippen LogP contribution in [0.1, 0.15) is 70.3 Å². The maximum absolute atomic E-state index is 12.9. The molecule has 0 aliphatic heterocycles. The Kier molecular flexibility index (Phi) is 6.55. The first-order valence-electron chi connectivity index (χ1n) is 10.6. The second kappa shape index (κ2) is 8.89. The van der Waals surface area contributed by atoms with Crippen LogP contribution in [0.25, 0.3) is 0 Å². The highest BCUT2D eigenvalue weighted by molar-refractivity contribution is 7.17. The largest absolute Gasteiger partial charge is 0.365 e. The van der Waals surface area contributed by atoms with Gasteiger partial charge in [0.05, 0.1) is 21.0 Å². The molecule has 1 aliphatic rings. The predicted molar refractivity (Wildman–Crippen MR) is 125 cm³/mol. The fourth-order valence-electron chi connectivity index (χ4n) is 4.26. The number of nitrogens with zero attached hydrogens (tertiary/aromatic N) is 2. The monoisotopic (exact) mass is 474 g/mol. The van der Waals surface area contributed by atoms with Crippen LogP contribution in [0.5, 0.6) is 0 Å². The van der Waals surface area contributed by atoms with E-state index in [1.54, 1.807) is 0 Å². The molecule has 0 saturated carbocycles. The zero-order valence-electron chi connectivity index (χ0n) is 18.9. The number of carbonyl (C=O) groups is 2. The molecule has 0 fully saturated rings. The topological polar surface area (TPSA) is 158 Å². The van der Waals surface area contributed by atoms with Crippen molar-refractivity contribution >= 4 is 39.5 Å². The maximum atomic E-state index is 12.9. The van der Waals surface area contributed by atoms with Crippen LogP contribution in [-0.4, -0.2) is 21.7 Å². The predicted octanol–water partition coefficient (Wildman–Crippen LogP) is 4.77. The van der Waals surface area contributed by atoms with Crippen LogP contribution in [0, 0.1) is 38.5 Å². The first-order valence-corrected chi connectivity index (χ1v) is 11.4. The van der Waals surface area contributed by atoms with Gasteiger partial charge in [0.2, 0.25) is 0 Å². The molecule has 10 nitrogen and oxygen atoms in total. The Morgan fingerprint density at radius 2 is 1.79 bits per heavy atom. The zero-order valence-corrected chi connectivity index (χ0v) is 19.7. The number of carbonyl (C=O) groups excluding carboxylic acids is 2. The third-order valence-corrected chi connectivity index (χ3v) is 7.93. The van der Waals surface area contributed by atoms with Gasteiger partial charge in [-0.3, -0.25) is 29.8 Å². The van der Waals surface area contributed by atoms with Crippen molar-refractivity contribution in [3.63, 3.8) is 0 Å². The number of hydrogen-bond acceptors (Lipinski definition) is 7. The molecule has 0 spiro atoms. The molecule has 11 heteroatoms. The standard InChI is InChI=1S/C22H26N4O6S/c1-5-22(3,4)13-6-7-14-17(10-13)33-21(18(14)19(23)27)24-20(28)12-8-15(25(29)30)11(2)16(9-12)26(31)32/h8-9,13H,5-7,10H2,1-4H3,(H2,23,27)(H,24,28). The van der Waals surface area contributed by atoms with E-state index in [2.05, 4.69) is 26.1 Å². The highest BCUT2D eigenvalue weighted by Crippen LogP contribution is 2.45. The SMILES string of the molecule is CCC(C)(C)C1CCc2c(sc(NC(=O)c3cc([N+](=O)[O-])c(C)c([N+](=O)[O-])c3)c2C(N)=O)C1. The van der Waals surface area contributed by atoms with Gasteiger partial charge in [-0.15, -0.1) is 11.3 Å². The Morgan fingerprint density at radius 3 is 2.27 bits per heavy atom. The van der Waals surface area contributed by atoms with Crippen molar-refractivity contribution in [1.29, 1.82) is 0 Å². The van der Waals surface area contributed by atoms with E-state index in [0.717, 1.165) is 41.8 Å². The number of nitro groups is 2. The molecule has 176 valence electrons. The van der Waals surface area contributed by atoms with E-state index < -0.39 is 33.0 Å². The minimum Gasteiger partial charge on any atom is -0.365 e.